The molecular weight excluding hydrogens is 218 g/mol. The highest BCUT2D eigenvalue weighted by Crippen LogP contribution is 2.22. The standard InChI is InChI=1S/C12H23N3O2/c1-4-15-9-7-14-11(15)12(2,16)5-6-13-8-10-17-3/h7,9,13,16H,4-6,8,10H2,1-3H3. The van der Waals surface area contributed by atoms with Gasteiger partial charge in [-0.1, -0.05) is 0 Å². The number of imidazole rings is 1. The fourth-order valence-electron chi connectivity index (χ4n) is 1.78. The first-order valence-corrected chi connectivity index (χ1v) is 6.05. The molecule has 1 atom stereocenters. The third-order valence-corrected chi connectivity index (χ3v) is 2.81. The summed E-state index contributed by atoms with van der Waals surface area (Å²) < 4.78 is 6.91. The number of hydrogen-bond donors (Lipinski definition) is 2. The number of rotatable bonds is 8. The van der Waals surface area contributed by atoms with E-state index in [1.165, 1.54) is 0 Å². The summed E-state index contributed by atoms with van der Waals surface area (Å²) in [6, 6.07) is 0. The molecule has 0 bridgehead atoms. The van der Waals surface area contributed by atoms with Gasteiger partial charge in [0.05, 0.1) is 6.61 Å². The van der Waals surface area contributed by atoms with Crippen molar-refractivity contribution in [2.24, 2.45) is 0 Å². The molecule has 1 rings (SSSR count). The molecule has 1 unspecified atom stereocenters. The van der Waals surface area contributed by atoms with Crippen LogP contribution in [0.1, 0.15) is 26.1 Å². The fourth-order valence-corrected chi connectivity index (χ4v) is 1.78. The zero-order valence-electron chi connectivity index (χ0n) is 10.9. The second-order valence-electron chi connectivity index (χ2n) is 4.30. The van der Waals surface area contributed by atoms with Crippen molar-refractivity contribution in [3.8, 4) is 0 Å². The summed E-state index contributed by atoms with van der Waals surface area (Å²) in [5.74, 6) is 0.730. The Bertz CT molecular complexity index is 323. The monoisotopic (exact) mass is 241 g/mol. The van der Waals surface area contributed by atoms with Crippen LogP contribution in [0.4, 0.5) is 0 Å². The van der Waals surface area contributed by atoms with E-state index in [1.54, 1.807) is 20.2 Å². The Morgan fingerprint density at radius 1 is 1.53 bits per heavy atom. The Balaban J connectivity index is 2.45. The molecule has 1 heterocycles. The first-order valence-electron chi connectivity index (χ1n) is 6.05. The van der Waals surface area contributed by atoms with Crippen LogP contribution in [0, 0.1) is 0 Å². The van der Waals surface area contributed by atoms with E-state index >= 15 is 0 Å². The second-order valence-corrected chi connectivity index (χ2v) is 4.30. The Labute approximate surface area is 103 Å². The molecule has 1 aromatic heterocycles. The number of nitrogens with zero attached hydrogens (tertiary/aromatic N) is 2. The minimum absolute atomic E-state index is 0.633. The Kier molecular flexibility index (Phi) is 5.61. The Morgan fingerprint density at radius 2 is 2.29 bits per heavy atom. The van der Waals surface area contributed by atoms with Gasteiger partial charge in [0, 0.05) is 32.6 Å². The largest absolute Gasteiger partial charge is 0.383 e. The zero-order valence-corrected chi connectivity index (χ0v) is 10.9. The lowest BCUT2D eigenvalue weighted by molar-refractivity contribution is 0.0349. The molecule has 2 N–H and O–H groups in total. The molecule has 0 fully saturated rings. The SMILES string of the molecule is CCn1ccnc1C(C)(O)CCNCCOC. The minimum atomic E-state index is -0.889. The molecule has 0 aliphatic rings. The summed E-state index contributed by atoms with van der Waals surface area (Å²) in [6.07, 6.45) is 4.25. The molecular formula is C12H23N3O2. The lowest BCUT2D eigenvalue weighted by Crippen LogP contribution is -2.31. The van der Waals surface area contributed by atoms with Gasteiger partial charge in [0.15, 0.2) is 0 Å². The van der Waals surface area contributed by atoms with Gasteiger partial charge in [0.25, 0.3) is 0 Å². The summed E-state index contributed by atoms with van der Waals surface area (Å²) in [6.45, 7) is 6.90. The number of ether oxygens (including phenoxy) is 1. The summed E-state index contributed by atoms with van der Waals surface area (Å²) in [7, 11) is 1.68. The molecule has 1 aromatic rings. The predicted octanol–water partition coefficient (Wildman–Crippen LogP) is 0.737. The first-order chi connectivity index (χ1) is 8.11. The lowest BCUT2D eigenvalue weighted by Gasteiger charge is -2.23. The van der Waals surface area contributed by atoms with E-state index in [9.17, 15) is 5.11 Å². The van der Waals surface area contributed by atoms with Gasteiger partial charge < -0.3 is 19.7 Å². The van der Waals surface area contributed by atoms with Gasteiger partial charge in [-0.25, -0.2) is 4.98 Å². The van der Waals surface area contributed by atoms with Gasteiger partial charge in [0.2, 0.25) is 0 Å². The summed E-state index contributed by atoms with van der Waals surface area (Å²) in [5, 5.41) is 13.6. The van der Waals surface area contributed by atoms with Gasteiger partial charge in [-0.05, 0) is 26.8 Å². The van der Waals surface area contributed by atoms with Crippen LogP contribution < -0.4 is 5.32 Å². The average molecular weight is 241 g/mol. The smallest absolute Gasteiger partial charge is 0.140 e. The van der Waals surface area contributed by atoms with Crippen molar-refractivity contribution < 1.29 is 9.84 Å². The molecule has 0 aliphatic carbocycles. The molecule has 0 saturated carbocycles. The van der Waals surface area contributed by atoms with Crippen LogP contribution in [0.15, 0.2) is 12.4 Å². The van der Waals surface area contributed by atoms with Crippen molar-refractivity contribution >= 4 is 0 Å². The van der Waals surface area contributed by atoms with Crippen LogP contribution in [-0.4, -0.2) is 41.5 Å². The van der Waals surface area contributed by atoms with Crippen molar-refractivity contribution in [1.82, 2.24) is 14.9 Å². The van der Waals surface area contributed by atoms with Gasteiger partial charge in [-0.2, -0.15) is 0 Å². The van der Waals surface area contributed by atoms with E-state index < -0.39 is 5.60 Å². The maximum atomic E-state index is 10.4. The maximum absolute atomic E-state index is 10.4. The molecule has 5 heteroatoms. The fraction of sp³-hybridized carbons (Fsp3) is 0.750. The zero-order chi connectivity index (χ0) is 12.7. The van der Waals surface area contributed by atoms with Gasteiger partial charge in [-0.15, -0.1) is 0 Å². The van der Waals surface area contributed by atoms with Gasteiger partial charge in [0.1, 0.15) is 11.4 Å². The number of nitrogens with one attached hydrogen (secondary N) is 1. The van der Waals surface area contributed by atoms with E-state index in [2.05, 4.69) is 10.3 Å². The average Bonchev–Trinajstić information content (AvgIpc) is 2.77. The maximum Gasteiger partial charge on any atom is 0.140 e. The number of hydrogen-bond acceptors (Lipinski definition) is 4. The molecule has 5 nitrogen and oxygen atoms in total. The van der Waals surface area contributed by atoms with Crippen LogP contribution in [0.25, 0.3) is 0 Å². The van der Waals surface area contributed by atoms with Crippen LogP contribution in [0.2, 0.25) is 0 Å². The van der Waals surface area contributed by atoms with Crippen molar-refractivity contribution in [3.63, 3.8) is 0 Å². The van der Waals surface area contributed by atoms with Gasteiger partial charge in [-0.3, -0.25) is 0 Å². The molecule has 0 amide bonds. The third kappa shape index (κ3) is 4.11. The highest BCUT2D eigenvalue weighted by Gasteiger charge is 2.27. The highest BCUT2D eigenvalue weighted by molar-refractivity contribution is 5.03. The molecule has 0 aromatic carbocycles. The van der Waals surface area contributed by atoms with Crippen molar-refractivity contribution in [2.45, 2.75) is 32.4 Å². The number of methoxy groups -OCH3 is 1. The Hall–Kier alpha value is -0.910. The van der Waals surface area contributed by atoms with Crippen LogP contribution in [0.5, 0.6) is 0 Å². The summed E-state index contributed by atoms with van der Waals surface area (Å²) in [5.41, 5.74) is -0.889. The Morgan fingerprint density at radius 3 is 2.94 bits per heavy atom. The van der Waals surface area contributed by atoms with E-state index in [-0.39, 0.29) is 0 Å². The number of aryl methyl sites for hydroxylation is 1. The lowest BCUT2D eigenvalue weighted by atomic mass is 10.0. The predicted molar refractivity (Wildman–Crippen MR) is 66.8 cm³/mol. The van der Waals surface area contributed by atoms with Crippen molar-refractivity contribution in [2.75, 3.05) is 26.8 Å². The molecule has 0 aliphatic heterocycles. The van der Waals surface area contributed by atoms with Crippen LogP contribution in [0.3, 0.4) is 0 Å². The normalized spacial score (nSPS) is 14.8. The molecule has 98 valence electrons. The highest BCUT2D eigenvalue weighted by atomic mass is 16.5. The van der Waals surface area contributed by atoms with Crippen molar-refractivity contribution in [3.05, 3.63) is 18.2 Å². The summed E-state index contributed by atoms with van der Waals surface area (Å²) in [4.78, 5) is 4.23. The number of aromatic nitrogens is 2. The third-order valence-electron chi connectivity index (χ3n) is 2.81. The minimum Gasteiger partial charge on any atom is -0.383 e. The summed E-state index contributed by atoms with van der Waals surface area (Å²) >= 11 is 0. The van der Waals surface area contributed by atoms with Gasteiger partial charge >= 0.3 is 0 Å². The van der Waals surface area contributed by atoms with E-state index in [4.69, 9.17) is 4.74 Å². The van der Waals surface area contributed by atoms with Crippen LogP contribution in [-0.2, 0) is 16.9 Å². The van der Waals surface area contributed by atoms with E-state index in [0.717, 1.165) is 25.5 Å². The molecule has 0 saturated heterocycles. The molecule has 0 spiro atoms. The topological polar surface area (TPSA) is 59.3 Å². The van der Waals surface area contributed by atoms with Crippen molar-refractivity contribution in [1.29, 1.82) is 0 Å². The quantitative estimate of drug-likeness (QED) is 0.659. The second kappa shape index (κ2) is 6.74. The molecule has 17 heavy (non-hydrogen) atoms. The van der Waals surface area contributed by atoms with E-state index in [0.29, 0.717) is 13.0 Å². The number of aliphatic hydroxyl groups is 1. The molecule has 0 radical (unpaired) electrons. The van der Waals surface area contributed by atoms with Crippen LogP contribution >= 0.6 is 0 Å². The first kappa shape index (κ1) is 14.2. The van der Waals surface area contributed by atoms with E-state index in [1.807, 2.05) is 17.7 Å².